The molecule has 0 aliphatic heterocycles. The summed E-state index contributed by atoms with van der Waals surface area (Å²) in [5.41, 5.74) is 2.82. The lowest BCUT2D eigenvalue weighted by Gasteiger charge is -2.22. The first kappa shape index (κ1) is 13.7. The van der Waals surface area contributed by atoms with Gasteiger partial charge in [-0.1, -0.05) is 30.3 Å². The van der Waals surface area contributed by atoms with Crippen LogP contribution in [0.2, 0.25) is 0 Å². The fourth-order valence-corrected chi connectivity index (χ4v) is 2.44. The van der Waals surface area contributed by atoms with Crippen LogP contribution < -0.4 is 4.90 Å². The van der Waals surface area contributed by atoms with E-state index in [1.807, 2.05) is 72.7 Å². The average molecular weight is 271 g/mol. The van der Waals surface area contributed by atoms with E-state index in [4.69, 9.17) is 0 Å². The predicted octanol–water partition coefficient (Wildman–Crippen LogP) is 3.96. The molecular weight excluding hydrogens is 254 g/mol. The van der Waals surface area contributed by atoms with Crippen LogP contribution >= 0.6 is 11.8 Å². The quantitative estimate of drug-likeness (QED) is 0.784. The van der Waals surface area contributed by atoms with E-state index in [0.29, 0.717) is 5.88 Å². The maximum Gasteiger partial charge on any atom is 0.259 e. The Hall–Kier alpha value is -1.74. The molecule has 0 fully saturated rings. The van der Waals surface area contributed by atoms with E-state index >= 15 is 0 Å². The van der Waals surface area contributed by atoms with Crippen LogP contribution in [-0.2, 0) is 0 Å². The van der Waals surface area contributed by atoms with Gasteiger partial charge in [-0.3, -0.25) is 9.69 Å². The molecule has 2 rings (SSSR count). The molecule has 1 amide bonds. The van der Waals surface area contributed by atoms with Gasteiger partial charge in [0.1, 0.15) is 0 Å². The standard InChI is InChI=1S/C16H17NOS/c1-13-7-6-10-15(11-13)17(12-19-2)16(18)14-8-4-3-5-9-14/h3-11H,12H2,1-2H3. The zero-order chi connectivity index (χ0) is 13.7. The molecule has 0 saturated heterocycles. The number of hydrogen-bond acceptors (Lipinski definition) is 2. The van der Waals surface area contributed by atoms with Gasteiger partial charge in [0.25, 0.3) is 5.91 Å². The smallest absolute Gasteiger partial charge is 0.259 e. The van der Waals surface area contributed by atoms with Crippen LogP contribution in [0.25, 0.3) is 0 Å². The lowest BCUT2D eigenvalue weighted by Crippen LogP contribution is -2.30. The zero-order valence-electron chi connectivity index (χ0n) is 11.2. The molecule has 0 bridgehead atoms. The van der Waals surface area contributed by atoms with Crippen molar-refractivity contribution in [2.75, 3.05) is 17.0 Å². The van der Waals surface area contributed by atoms with Crippen LogP contribution in [0, 0.1) is 6.92 Å². The largest absolute Gasteiger partial charge is 0.299 e. The predicted molar refractivity (Wildman–Crippen MR) is 82.8 cm³/mol. The number of amides is 1. The van der Waals surface area contributed by atoms with Crippen LogP contribution in [0.15, 0.2) is 54.6 Å². The second kappa shape index (κ2) is 6.43. The van der Waals surface area contributed by atoms with Gasteiger partial charge in [-0.05, 0) is 43.0 Å². The highest BCUT2D eigenvalue weighted by Gasteiger charge is 2.16. The first-order valence-electron chi connectivity index (χ1n) is 6.15. The van der Waals surface area contributed by atoms with Crippen LogP contribution in [-0.4, -0.2) is 18.0 Å². The van der Waals surface area contributed by atoms with Gasteiger partial charge in [-0.15, -0.1) is 11.8 Å². The summed E-state index contributed by atoms with van der Waals surface area (Å²) in [4.78, 5) is 14.4. The molecule has 0 saturated carbocycles. The van der Waals surface area contributed by atoms with Gasteiger partial charge < -0.3 is 0 Å². The molecule has 0 radical (unpaired) electrons. The van der Waals surface area contributed by atoms with Gasteiger partial charge in [0.2, 0.25) is 0 Å². The number of anilines is 1. The summed E-state index contributed by atoms with van der Waals surface area (Å²) < 4.78 is 0. The topological polar surface area (TPSA) is 20.3 Å². The zero-order valence-corrected chi connectivity index (χ0v) is 12.0. The van der Waals surface area contributed by atoms with E-state index in [9.17, 15) is 4.79 Å². The van der Waals surface area contributed by atoms with Crippen LogP contribution in [0.4, 0.5) is 5.69 Å². The second-order valence-corrected chi connectivity index (χ2v) is 5.19. The van der Waals surface area contributed by atoms with Crippen LogP contribution in [0.5, 0.6) is 0 Å². The number of thioether (sulfide) groups is 1. The molecule has 2 aromatic rings. The van der Waals surface area contributed by atoms with E-state index < -0.39 is 0 Å². The lowest BCUT2D eigenvalue weighted by atomic mass is 10.1. The molecule has 0 atom stereocenters. The first-order chi connectivity index (χ1) is 9.22. The van der Waals surface area contributed by atoms with Crippen molar-refractivity contribution in [3.05, 3.63) is 65.7 Å². The number of benzene rings is 2. The summed E-state index contributed by atoms with van der Waals surface area (Å²) >= 11 is 1.64. The third kappa shape index (κ3) is 3.38. The number of carbonyl (C=O) groups is 1. The SMILES string of the molecule is CSCN(C(=O)c1ccccc1)c1cccc(C)c1. The second-order valence-electron chi connectivity index (χ2n) is 4.36. The molecule has 19 heavy (non-hydrogen) atoms. The Kier molecular flexibility index (Phi) is 4.63. The van der Waals surface area contributed by atoms with Crippen LogP contribution in [0.3, 0.4) is 0 Å². The molecule has 2 nitrogen and oxygen atoms in total. The fraction of sp³-hybridized carbons (Fsp3) is 0.188. The monoisotopic (exact) mass is 271 g/mol. The van der Waals surface area contributed by atoms with Crippen molar-refractivity contribution < 1.29 is 4.79 Å². The van der Waals surface area contributed by atoms with Crippen molar-refractivity contribution in [2.45, 2.75) is 6.92 Å². The highest BCUT2D eigenvalue weighted by atomic mass is 32.2. The van der Waals surface area contributed by atoms with Crippen molar-refractivity contribution in [2.24, 2.45) is 0 Å². The number of rotatable bonds is 4. The fourth-order valence-electron chi connectivity index (χ4n) is 1.91. The highest BCUT2D eigenvalue weighted by Crippen LogP contribution is 2.20. The Morgan fingerprint density at radius 2 is 1.84 bits per heavy atom. The summed E-state index contributed by atoms with van der Waals surface area (Å²) in [5.74, 6) is 0.692. The van der Waals surface area contributed by atoms with E-state index in [0.717, 1.165) is 16.8 Å². The van der Waals surface area contributed by atoms with Crippen molar-refractivity contribution in [3.63, 3.8) is 0 Å². The normalized spacial score (nSPS) is 10.2. The minimum atomic E-state index is 0.0422. The number of nitrogens with zero attached hydrogens (tertiary/aromatic N) is 1. The molecule has 2 aromatic carbocycles. The number of aryl methyl sites for hydroxylation is 1. The summed E-state index contributed by atoms with van der Waals surface area (Å²) in [6, 6.07) is 17.4. The third-order valence-electron chi connectivity index (χ3n) is 2.84. The Balaban J connectivity index is 2.33. The molecule has 0 unspecified atom stereocenters. The third-order valence-corrected chi connectivity index (χ3v) is 3.35. The maximum absolute atomic E-state index is 12.6. The highest BCUT2D eigenvalue weighted by molar-refractivity contribution is 7.98. The van der Waals surface area contributed by atoms with Gasteiger partial charge in [-0.2, -0.15) is 0 Å². The molecule has 0 spiro atoms. The Morgan fingerprint density at radius 1 is 1.11 bits per heavy atom. The van der Waals surface area contributed by atoms with Gasteiger partial charge >= 0.3 is 0 Å². The van der Waals surface area contributed by atoms with Gasteiger partial charge in [-0.25, -0.2) is 0 Å². The molecule has 0 aromatic heterocycles. The van der Waals surface area contributed by atoms with Crippen molar-refractivity contribution in [1.29, 1.82) is 0 Å². The Morgan fingerprint density at radius 3 is 2.47 bits per heavy atom. The number of hydrogen-bond donors (Lipinski definition) is 0. The summed E-state index contributed by atoms with van der Waals surface area (Å²) in [5, 5.41) is 0. The molecule has 0 heterocycles. The minimum Gasteiger partial charge on any atom is -0.299 e. The molecule has 98 valence electrons. The summed E-state index contributed by atoms with van der Waals surface area (Å²) in [6.07, 6.45) is 2.00. The van der Waals surface area contributed by atoms with Gasteiger partial charge in [0.15, 0.2) is 0 Å². The summed E-state index contributed by atoms with van der Waals surface area (Å²) in [7, 11) is 0. The Labute approximate surface area is 118 Å². The van der Waals surface area contributed by atoms with Gasteiger partial charge in [0.05, 0.1) is 5.88 Å². The van der Waals surface area contributed by atoms with E-state index in [1.165, 1.54) is 0 Å². The van der Waals surface area contributed by atoms with E-state index in [1.54, 1.807) is 11.8 Å². The first-order valence-corrected chi connectivity index (χ1v) is 7.54. The summed E-state index contributed by atoms with van der Waals surface area (Å²) in [6.45, 7) is 2.04. The minimum absolute atomic E-state index is 0.0422. The molecule has 0 aliphatic carbocycles. The molecule has 3 heteroatoms. The Bertz CT molecular complexity index is 554. The molecule has 0 aliphatic rings. The van der Waals surface area contributed by atoms with Crippen LogP contribution in [0.1, 0.15) is 15.9 Å². The van der Waals surface area contributed by atoms with E-state index in [-0.39, 0.29) is 5.91 Å². The number of carbonyl (C=O) groups excluding carboxylic acids is 1. The van der Waals surface area contributed by atoms with Gasteiger partial charge in [0, 0.05) is 11.3 Å². The van der Waals surface area contributed by atoms with Crippen molar-refractivity contribution in [1.82, 2.24) is 0 Å². The average Bonchev–Trinajstić information content (AvgIpc) is 2.45. The molecular formula is C16H17NOS. The maximum atomic E-state index is 12.6. The lowest BCUT2D eigenvalue weighted by molar-refractivity contribution is 0.0991. The van der Waals surface area contributed by atoms with Crippen molar-refractivity contribution in [3.8, 4) is 0 Å². The molecule has 0 N–H and O–H groups in total. The van der Waals surface area contributed by atoms with Crippen molar-refractivity contribution >= 4 is 23.4 Å². The van der Waals surface area contributed by atoms with E-state index in [2.05, 4.69) is 0 Å².